The predicted molar refractivity (Wildman–Crippen MR) is 126 cm³/mol. The number of hydrogen-bond acceptors (Lipinski definition) is 9. The van der Waals surface area contributed by atoms with Gasteiger partial charge in [0.25, 0.3) is 0 Å². The number of likely N-dealkylation sites (N-methyl/N-ethyl adjacent to an activating group) is 1. The average Bonchev–Trinajstić information content (AvgIpc) is 3.39. The van der Waals surface area contributed by atoms with Crippen LogP contribution >= 0.6 is 0 Å². The molecule has 0 aromatic heterocycles. The number of anilines is 4. The van der Waals surface area contributed by atoms with Crippen LogP contribution in [0.5, 0.6) is 5.75 Å². The molecule has 2 aromatic carbocycles. The van der Waals surface area contributed by atoms with E-state index in [1.807, 2.05) is 37.1 Å². The molecule has 2 aromatic rings. The van der Waals surface area contributed by atoms with Crippen LogP contribution in [-0.4, -0.2) is 57.0 Å². The molecule has 1 atom stereocenters. The van der Waals surface area contributed by atoms with Gasteiger partial charge in [0.2, 0.25) is 0 Å². The van der Waals surface area contributed by atoms with Crippen LogP contribution in [0, 0.1) is 11.6 Å². The highest BCUT2D eigenvalue weighted by atomic mass is 19.1. The van der Waals surface area contributed by atoms with Crippen molar-refractivity contribution in [2.75, 3.05) is 60.4 Å². The molecule has 3 N–H and O–H groups in total. The van der Waals surface area contributed by atoms with E-state index in [-0.39, 0.29) is 11.4 Å². The maximum atomic E-state index is 15.1. The molecular formula is C23H25F2N7O2. The number of ether oxygens (including phenoxy) is 1. The fourth-order valence-electron chi connectivity index (χ4n) is 4.64. The molecule has 34 heavy (non-hydrogen) atoms. The first kappa shape index (κ1) is 21.0. The molecule has 2 fully saturated rings. The van der Waals surface area contributed by atoms with Crippen LogP contribution in [0.1, 0.15) is 6.92 Å². The molecule has 0 radical (unpaired) electrons. The number of allylic oxidation sites excluding steroid dienone is 1. The summed E-state index contributed by atoms with van der Waals surface area (Å²) in [7, 11) is 2.00. The summed E-state index contributed by atoms with van der Waals surface area (Å²) in [5.74, 6) is -1.30. The fraction of sp³-hybridized carbons (Fsp3) is 0.348. The lowest BCUT2D eigenvalue weighted by atomic mass is 10.2. The molecule has 4 aliphatic heterocycles. The molecule has 2 saturated heterocycles. The van der Waals surface area contributed by atoms with Crippen LogP contribution in [0.2, 0.25) is 0 Å². The minimum Gasteiger partial charge on any atom is -0.471 e. The van der Waals surface area contributed by atoms with E-state index in [2.05, 4.69) is 26.0 Å². The molecule has 4 aliphatic rings. The Bertz CT molecular complexity index is 1190. The van der Waals surface area contributed by atoms with E-state index in [9.17, 15) is 0 Å². The van der Waals surface area contributed by atoms with Crippen molar-refractivity contribution in [2.45, 2.75) is 12.9 Å². The molecule has 9 nitrogen and oxygen atoms in total. The van der Waals surface area contributed by atoms with Crippen LogP contribution in [-0.2, 0) is 4.84 Å². The summed E-state index contributed by atoms with van der Waals surface area (Å²) in [5, 5.41) is 6.26. The quantitative estimate of drug-likeness (QED) is 0.631. The standard InChI is InChI=1S/C23H25F2N7O2/c1-14-12-27-23(32(22(14)29-34-23)16-3-4-20-19(11-16)26-13-33-20)28-15-9-17(24)21(18(25)10-15)31-7-5-30(2)6-8-31/h3-4,9-12,26,28-29H,5-8,13H2,1-2H3. The molecule has 2 bridgehead atoms. The highest BCUT2D eigenvalue weighted by Crippen LogP contribution is 2.42. The third kappa shape index (κ3) is 3.31. The SMILES string of the molecule is CC1=C2NOC(Nc3cc(F)c(N4CCN(C)CC4)c(F)c3)(N=C1)N2c1ccc2c(c1)NCO2. The molecule has 4 heterocycles. The third-order valence-corrected chi connectivity index (χ3v) is 6.48. The lowest BCUT2D eigenvalue weighted by Crippen LogP contribution is -2.51. The van der Waals surface area contributed by atoms with Gasteiger partial charge in [0.15, 0.2) is 18.4 Å². The van der Waals surface area contributed by atoms with Crippen molar-refractivity contribution in [1.82, 2.24) is 10.4 Å². The van der Waals surface area contributed by atoms with E-state index in [1.165, 1.54) is 12.1 Å². The van der Waals surface area contributed by atoms with E-state index < -0.39 is 17.6 Å². The number of hydroxylamine groups is 1. The van der Waals surface area contributed by atoms with Crippen molar-refractivity contribution in [3.8, 4) is 5.75 Å². The highest BCUT2D eigenvalue weighted by molar-refractivity contribution is 5.85. The predicted octanol–water partition coefficient (Wildman–Crippen LogP) is 2.86. The number of nitrogens with zero attached hydrogens (tertiary/aromatic N) is 4. The minimum atomic E-state index is -1.46. The Morgan fingerprint density at radius 2 is 1.85 bits per heavy atom. The fourth-order valence-corrected chi connectivity index (χ4v) is 4.64. The van der Waals surface area contributed by atoms with Crippen molar-refractivity contribution in [1.29, 1.82) is 0 Å². The molecule has 6 rings (SSSR count). The summed E-state index contributed by atoms with van der Waals surface area (Å²) in [5.41, 5.74) is 5.56. The lowest BCUT2D eigenvalue weighted by Gasteiger charge is -2.36. The van der Waals surface area contributed by atoms with Gasteiger partial charge < -0.3 is 25.2 Å². The molecule has 0 amide bonds. The largest absolute Gasteiger partial charge is 0.471 e. The second kappa shape index (κ2) is 7.74. The maximum Gasteiger partial charge on any atom is 0.351 e. The van der Waals surface area contributed by atoms with Crippen molar-refractivity contribution in [3.63, 3.8) is 0 Å². The van der Waals surface area contributed by atoms with Gasteiger partial charge in [0, 0.05) is 43.7 Å². The van der Waals surface area contributed by atoms with E-state index in [4.69, 9.17) is 9.57 Å². The first-order valence-corrected chi connectivity index (χ1v) is 11.2. The zero-order valence-electron chi connectivity index (χ0n) is 18.9. The van der Waals surface area contributed by atoms with E-state index in [0.29, 0.717) is 25.6 Å². The van der Waals surface area contributed by atoms with Crippen LogP contribution < -0.4 is 30.7 Å². The average molecular weight is 469 g/mol. The Balaban J connectivity index is 1.33. The zero-order valence-corrected chi connectivity index (χ0v) is 18.9. The van der Waals surface area contributed by atoms with Crippen molar-refractivity contribution in [2.24, 2.45) is 4.99 Å². The Labute approximate surface area is 195 Å². The summed E-state index contributed by atoms with van der Waals surface area (Å²) in [6.07, 6.45) is 1.67. The number of aliphatic imine (C=N–C) groups is 1. The van der Waals surface area contributed by atoms with E-state index >= 15 is 8.78 Å². The van der Waals surface area contributed by atoms with Crippen LogP contribution in [0.3, 0.4) is 0 Å². The number of rotatable bonds is 4. The monoisotopic (exact) mass is 469 g/mol. The van der Waals surface area contributed by atoms with Gasteiger partial charge >= 0.3 is 5.97 Å². The Morgan fingerprint density at radius 1 is 1.09 bits per heavy atom. The van der Waals surface area contributed by atoms with Gasteiger partial charge in [-0.3, -0.25) is 4.90 Å². The number of piperazine rings is 1. The van der Waals surface area contributed by atoms with E-state index in [1.54, 1.807) is 11.1 Å². The maximum absolute atomic E-state index is 15.1. The molecule has 11 heteroatoms. The molecule has 0 spiro atoms. The second-order valence-electron chi connectivity index (χ2n) is 8.79. The zero-order chi connectivity index (χ0) is 23.4. The topological polar surface area (TPSA) is 76.6 Å². The van der Waals surface area contributed by atoms with E-state index in [0.717, 1.165) is 35.8 Å². The van der Waals surface area contributed by atoms with Gasteiger partial charge in [-0.15, -0.1) is 0 Å². The number of hydrogen-bond donors (Lipinski definition) is 3. The second-order valence-corrected chi connectivity index (χ2v) is 8.79. The number of halogens is 2. The Kier molecular flexibility index (Phi) is 4.78. The van der Waals surface area contributed by atoms with Gasteiger partial charge in [-0.25, -0.2) is 24.1 Å². The number of benzene rings is 2. The lowest BCUT2D eigenvalue weighted by molar-refractivity contribution is -0.0214. The summed E-state index contributed by atoms with van der Waals surface area (Å²) in [6.45, 7) is 4.93. The molecule has 0 saturated carbocycles. The van der Waals surface area contributed by atoms with Gasteiger partial charge in [-0.1, -0.05) is 0 Å². The minimum absolute atomic E-state index is 0.00765. The van der Waals surface area contributed by atoms with Gasteiger partial charge in [-0.05, 0) is 44.3 Å². The smallest absolute Gasteiger partial charge is 0.351 e. The first-order valence-electron chi connectivity index (χ1n) is 11.2. The van der Waals surface area contributed by atoms with Crippen molar-refractivity contribution >= 4 is 29.0 Å². The van der Waals surface area contributed by atoms with Crippen LogP contribution in [0.15, 0.2) is 46.7 Å². The van der Waals surface area contributed by atoms with Gasteiger partial charge in [-0.2, -0.15) is 0 Å². The third-order valence-electron chi connectivity index (χ3n) is 6.48. The highest BCUT2D eigenvalue weighted by Gasteiger charge is 2.50. The molecule has 178 valence electrons. The normalized spacial score (nSPS) is 23.5. The number of nitrogens with one attached hydrogen (secondary N) is 3. The summed E-state index contributed by atoms with van der Waals surface area (Å²) < 4.78 is 35.8. The Hall–Kier alpha value is -3.57. The van der Waals surface area contributed by atoms with Crippen molar-refractivity contribution < 1.29 is 18.4 Å². The Morgan fingerprint density at radius 3 is 2.62 bits per heavy atom. The first-order chi connectivity index (χ1) is 16.4. The molecule has 0 aliphatic carbocycles. The summed E-state index contributed by atoms with van der Waals surface area (Å²) in [4.78, 5) is 16.1. The molecule has 1 unspecified atom stereocenters. The van der Waals surface area contributed by atoms with Crippen LogP contribution in [0.25, 0.3) is 0 Å². The van der Waals surface area contributed by atoms with Crippen molar-refractivity contribution in [3.05, 3.63) is 53.4 Å². The van der Waals surface area contributed by atoms with Gasteiger partial charge in [0.1, 0.15) is 17.3 Å². The van der Waals surface area contributed by atoms with Gasteiger partial charge in [0.05, 0.1) is 11.4 Å². The number of fused-ring (bicyclic) bond motifs is 3. The summed E-state index contributed by atoms with van der Waals surface area (Å²) in [6, 6.07) is 8.22. The molecular weight excluding hydrogens is 444 g/mol. The summed E-state index contributed by atoms with van der Waals surface area (Å²) >= 11 is 0. The van der Waals surface area contributed by atoms with Crippen LogP contribution in [0.4, 0.5) is 31.5 Å².